The summed E-state index contributed by atoms with van der Waals surface area (Å²) in [6.45, 7) is 3.83. The molecule has 3 rings (SSSR count). The molecule has 8 heteroatoms. The van der Waals surface area contributed by atoms with E-state index < -0.39 is 9.84 Å². The van der Waals surface area contributed by atoms with Gasteiger partial charge in [0.25, 0.3) is 5.91 Å². The number of carbonyl (C=O) groups excluding carboxylic acids is 1. The summed E-state index contributed by atoms with van der Waals surface area (Å²) in [6, 6.07) is 7.12. The first kappa shape index (κ1) is 16.3. The third-order valence-corrected chi connectivity index (χ3v) is 6.76. The molecule has 1 fully saturated rings. The molecule has 0 radical (unpaired) electrons. The number of thioether (sulfide) groups is 1. The van der Waals surface area contributed by atoms with Crippen LogP contribution < -0.4 is 10.6 Å². The molecule has 2 atom stereocenters. The Morgan fingerprint density at radius 3 is 2.83 bits per heavy atom. The molecule has 124 valence electrons. The van der Waals surface area contributed by atoms with Crippen molar-refractivity contribution >= 4 is 38.4 Å². The standard InChI is InChI=1S/C15H19N3O3S2/c1-9(2)16-14(19)10-4-3-5-11(6-10)17-15-18-12-7-23(20,21)8-13(12)22-15/h3-6,9,12-13H,7-8H2,1-2H3,(H,16,19)(H,17,18)/t12-,13+/m0/s1. The van der Waals surface area contributed by atoms with Gasteiger partial charge in [-0.3, -0.25) is 9.79 Å². The van der Waals surface area contributed by atoms with Crippen molar-refractivity contribution in [3.63, 3.8) is 0 Å². The van der Waals surface area contributed by atoms with Crippen molar-refractivity contribution in [1.82, 2.24) is 5.32 Å². The number of nitrogens with zero attached hydrogens (tertiary/aromatic N) is 1. The number of nitrogens with one attached hydrogen (secondary N) is 2. The fourth-order valence-corrected chi connectivity index (χ4v) is 6.30. The molecule has 0 aliphatic carbocycles. The van der Waals surface area contributed by atoms with Gasteiger partial charge in [-0.25, -0.2) is 8.42 Å². The van der Waals surface area contributed by atoms with Gasteiger partial charge in [-0.15, -0.1) is 0 Å². The maximum absolute atomic E-state index is 12.0. The molecule has 0 aromatic heterocycles. The number of hydrogen-bond donors (Lipinski definition) is 2. The fourth-order valence-electron chi connectivity index (χ4n) is 2.62. The number of fused-ring (bicyclic) bond motifs is 1. The highest BCUT2D eigenvalue weighted by Crippen LogP contribution is 2.34. The van der Waals surface area contributed by atoms with Gasteiger partial charge in [0.1, 0.15) is 0 Å². The first-order valence-corrected chi connectivity index (χ1v) is 10.2. The van der Waals surface area contributed by atoms with Crippen molar-refractivity contribution < 1.29 is 13.2 Å². The van der Waals surface area contributed by atoms with Crippen LogP contribution in [0, 0.1) is 0 Å². The number of rotatable bonds is 3. The second kappa shape index (κ2) is 6.16. The zero-order valence-electron chi connectivity index (χ0n) is 12.9. The van der Waals surface area contributed by atoms with Crippen LogP contribution in [0.25, 0.3) is 0 Å². The quantitative estimate of drug-likeness (QED) is 0.860. The van der Waals surface area contributed by atoms with Crippen LogP contribution in [-0.2, 0) is 9.84 Å². The summed E-state index contributed by atoms with van der Waals surface area (Å²) in [4.78, 5) is 16.5. The van der Waals surface area contributed by atoms with E-state index in [-0.39, 0.29) is 34.7 Å². The molecular formula is C15H19N3O3S2. The van der Waals surface area contributed by atoms with Crippen LogP contribution in [-0.4, -0.2) is 48.3 Å². The molecule has 0 saturated carbocycles. The predicted molar refractivity (Wildman–Crippen MR) is 93.9 cm³/mol. The minimum absolute atomic E-state index is 0.00919. The predicted octanol–water partition coefficient (Wildman–Crippen LogP) is 1.51. The van der Waals surface area contributed by atoms with Crippen LogP contribution in [0.2, 0.25) is 0 Å². The molecule has 1 saturated heterocycles. The van der Waals surface area contributed by atoms with Crippen molar-refractivity contribution in [3.8, 4) is 0 Å². The molecule has 0 bridgehead atoms. The summed E-state index contributed by atoms with van der Waals surface area (Å²) in [7, 11) is -2.94. The zero-order valence-corrected chi connectivity index (χ0v) is 14.6. The highest BCUT2D eigenvalue weighted by Gasteiger charge is 2.42. The lowest BCUT2D eigenvalue weighted by Gasteiger charge is -2.11. The number of amidine groups is 1. The van der Waals surface area contributed by atoms with E-state index in [4.69, 9.17) is 0 Å². The lowest BCUT2D eigenvalue weighted by atomic mass is 10.2. The Morgan fingerprint density at radius 2 is 2.13 bits per heavy atom. The minimum atomic E-state index is -2.94. The number of amides is 1. The smallest absolute Gasteiger partial charge is 0.251 e. The Bertz CT molecular complexity index is 759. The van der Waals surface area contributed by atoms with Crippen LogP contribution >= 0.6 is 11.8 Å². The Balaban J connectivity index is 1.69. The third-order valence-electron chi connectivity index (χ3n) is 3.61. The molecule has 2 N–H and O–H groups in total. The van der Waals surface area contributed by atoms with Crippen molar-refractivity contribution in [3.05, 3.63) is 29.8 Å². The number of carbonyl (C=O) groups is 1. The van der Waals surface area contributed by atoms with Gasteiger partial charge < -0.3 is 10.6 Å². The van der Waals surface area contributed by atoms with Crippen molar-refractivity contribution in [2.24, 2.45) is 4.99 Å². The van der Waals surface area contributed by atoms with Gasteiger partial charge >= 0.3 is 0 Å². The topological polar surface area (TPSA) is 87.6 Å². The molecular weight excluding hydrogens is 334 g/mol. The average molecular weight is 353 g/mol. The van der Waals surface area contributed by atoms with E-state index in [9.17, 15) is 13.2 Å². The number of sulfone groups is 1. The van der Waals surface area contributed by atoms with Crippen LogP contribution in [0.3, 0.4) is 0 Å². The zero-order chi connectivity index (χ0) is 16.6. The third kappa shape index (κ3) is 3.87. The number of hydrogen-bond acceptors (Lipinski definition) is 6. The van der Waals surface area contributed by atoms with E-state index in [1.807, 2.05) is 26.0 Å². The van der Waals surface area contributed by atoms with E-state index in [1.54, 1.807) is 12.1 Å². The Morgan fingerprint density at radius 1 is 1.35 bits per heavy atom. The van der Waals surface area contributed by atoms with Gasteiger partial charge in [0.05, 0.1) is 17.5 Å². The van der Waals surface area contributed by atoms with Crippen LogP contribution in [0.5, 0.6) is 0 Å². The Hall–Kier alpha value is -1.54. The molecule has 0 unspecified atom stereocenters. The number of benzene rings is 1. The first-order valence-electron chi connectivity index (χ1n) is 7.45. The van der Waals surface area contributed by atoms with Crippen molar-refractivity contribution in [2.45, 2.75) is 31.2 Å². The van der Waals surface area contributed by atoms with Crippen molar-refractivity contribution in [1.29, 1.82) is 0 Å². The summed E-state index contributed by atoms with van der Waals surface area (Å²) in [5.41, 5.74) is 1.35. The summed E-state index contributed by atoms with van der Waals surface area (Å²) in [5.74, 6) is 0.202. The van der Waals surface area contributed by atoms with E-state index in [0.29, 0.717) is 5.56 Å². The van der Waals surface area contributed by atoms with Crippen LogP contribution in [0.1, 0.15) is 24.2 Å². The van der Waals surface area contributed by atoms with Gasteiger partial charge in [0.2, 0.25) is 0 Å². The van der Waals surface area contributed by atoms with Gasteiger partial charge in [-0.05, 0) is 32.0 Å². The SMILES string of the molecule is CC(C)NC(=O)c1cccc(NC2=N[C@H]3CS(=O)(=O)C[C@H]3S2)c1. The molecule has 1 aromatic carbocycles. The van der Waals surface area contributed by atoms with Gasteiger partial charge in [0.15, 0.2) is 15.0 Å². The molecule has 0 spiro atoms. The Labute approximate surface area is 140 Å². The van der Waals surface area contributed by atoms with Gasteiger partial charge in [-0.1, -0.05) is 17.8 Å². The van der Waals surface area contributed by atoms with Crippen LogP contribution in [0.4, 0.5) is 5.69 Å². The average Bonchev–Trinajstić information content (AvgIpc) is 2.90. The normalized spacial score (nSPS) is 25.1. The molecule has 1 amide bonds. The molecule has 23 heavy (non-hydrogen) atoms. The summed E-state index contributed by atoms with van der Waals surface area (Å²) < 4.78 is 23.1. The van der Waals surface area contributed by atoms with E-state index in [2.05, 4.69) is 15.6 Å². The Kier molecular flexibility index (Phi) is 4.37. The number of anilines is 1. The maximum Gasteiger partial charge on any atom is 0.251 e. The number of aliphatic imine (C=N–C) groups is 1. The monoisotopic (exact) mass is 353 g/mol. The largest absolute Gasteiger partial charge is 0.350 e. The summed E-state index contributed by atoms with van der Waals surface area (Å²) in [5, 5.41) is 6.76. The molecule has 2 aliphatic heterocycles. The second-order valence-corrected chi connectivity index (χ2v) is 9.45. The lowest BCUT2D eigenvalue weighted by Crippen LogP contribution is -2.30. The maximum atomic E-state index is 12.0. The molecule has 6 nitrogen and oxygen atoms in total. The molecule has 2 heterocycles. The van der Waals surface area contributed by atoms with E-state index in [0.717, 1.165) is 10.9 Å². The second-order valence-electron chi connectivity index (χ2n) is 6.07. The molecule has 1 aromatic rings. The lowest BCUT2D eigenvalue weighted by molar-refractivity contribution is 0.0943. The van der Waals surface area contributed by atoms with E-state index >= 15 is 0 Å². The summed E-state index contributed by atoms with van der Waals surface area (Å²) in [6.07, 6.45) is 0. The minimum Gasteiger partial charge on any atom is -0.350 e. The fraction of sp³-hybridized carbons (Fsp3) is 0.467. The highest BCUT2D eigenvalue weighted by molar-refractivity contribution is 8.15. The van der Waals surface area contributed by atoms with Gasteiger partial charge in [0, 0.05) is 22.5 Å². The molecule has 2 aliphatic rings. The first-order chi connectivity index (χ1) is 10.8. The van der Waals surface area contributed by atoms with E-state index in [1.165, 1.54) is 11.8 Å². The van der Waals surface area contributed by atoms with Gasteiger partial charge in [-0.2, -0.15) is 0 Å². The highest BCUT2D eigenvalue weighted by atomic mass is 32.2. The van der Waals surface area contributed by atoms with Crippen LogP contribution in [0.15, 0.2) is 29.3 Å². The van der Waals surface area contributed by atoms with Crippen molar-refractivity contribution in [2.75, 3.05) is 16.8 Å². The summed E-state index contributed by atoms with van der Waals surface area (Å²) >= 11 is 1.46.